The molecule has 0 spiro atoms. The van der Waals surface area contributed by atoms with Crippen LogP contribution in [0.25, 0.3) is 10.9 Å². The summed E-state index contributed by atoms with van der Waals surface area (Å²) in [5.41, 5.74) is -2.19. The molecule has 0 aliphatic heterocycles. The van der Waals surface area contributed by atoms with Gasteiger partial charge >= 0.3 is 6.18 Å². The Balaban J connectivity index is 2.99. The molecule has 9 heteroatoms. The summed E-state index contributed by atoms with van der Waals surface area (Å²) in [6.45, 7) is -1.61. The molecule has 1 aromatic heterocycles. The Morgan fingerprint density at radius 1 is 1.32 bits per heavy atom. The topological polar surface area (TPSA) is 48.3 Å². The van der Waals surface area contributed by atoms with Gasteiger partial charge in [-0.15, -0.1) is 0 Å². The highest BCUT2D eigenvalue weighted by molar-refractivity contribution is 5.90. The van der Waals surface area contributed by atoms with Crippen LogP contribution in [0, 0.1) is 11.6 Å². The second-order valence-electron chi connectivity index (χ2n) is 4.38. The number of hydrogen-bond acceptors (Lipinski definition) is 3. The largest absolute Gasteiger partial charge is 0.491 e. The zero-order chi connectivity index (χ0) is 16.7. The van der Waals surface area contributed by atoms with Crippen LogP contribution in [-0.2, 0) is 6.54 Å². The van der Waals surface area contributed by atoms with Crippen LogP contribution in [0.1, 0.15) is 10.4 Å². The number of rotatable bonds is 3. The average molecular weight is 321 g/mol. The summed E-state index contributed by atoms with van der Waals surface area (Å²) in [5.74, 6) is -3.83. The number of methoxy groups -OCH3 is 1. The van der Waals surface area contributed by atoms with Gasteiger partial charge in [0.25, 0.3) is 0 Å². The van der Waals surface area contributed by atoms with E-state index in [0.29, 0.717) is 16.8 Å². The highest BCUT2D eigenvalue weighted by atomic mass is 19.4. The van der Waals surface area contributed by atoms with E-state index in [0.717, 1.165) is 7.11 Å². The van der Waals surface area contributed by atoms with E-state index < -0.39 is 52.0 Å². The molecule has 0 N–H and O–H groups in total. The van der Waals surface area contributed by atoms with E-state index in [-0.39, 0.29) is 6.29 Å². The van der Waals surface area contributed by atoms with Gasteiger partial charge < -0.3 is 9.30 Å². The van der Waals surface area contributed by atoms with Gasteiger partial charge in [0.1, 0.15) is 6.54 Å². The summed E-state index contributed by atoms with van der Waals surface area (Å²) in [4.78, 5) is 22.7. The van der Waals surface area contributed by atoms with Crippen LogP contribution in [0.3, 0.4) is 0 Å². The van der Waals surface area contributed by atoms with E-state index in [1.54, 1.807) is 0 Å². The van der Waals surface area contributed by atoms with Crippen LogP contribution in [0.5, 0.6) is 5.75 Å². The second kappa shape index (κ2) is 5.39. The summed E-state index contributed by atoms with van der Waals surface area (Å²) in [7, 11) is 0.924. The van der Waals surface area contributed by atoms with Crippen molar-refractivity contribution < 1.29 is 31.5 Å². The number of pyridine rings is 1. The third kappa shape index (κ3) is 2.66. The van der Waals surface area contributed by atoms with Crippen LogP contribution < -0.4 is 10.2 Å². The Morgan fingerprint density at radius 3 is 2.45 bits per heavy atom. The van der Waals surface area contributed by atoms with Crippen molar-refractivity contribution in [3.8, 4) is 5.75 Å². The average Bonchev–Trinajstić information content (AvgIpc) is 2.42. The lowest BCUT2D eigenvalue weighted by atomic mass is 10.1. The maximum absolute atomic E-state index is 13.7. The molecule has 0 saturated carbocycles. The van der Waals surface area contributed by atoms with Crippen LogP contribution in [0.2, 0.25) is 0 Å². The van der Waals surface area contributed by atoms with E-state index in [4.69, 9.17) is 0 Å². The molecule has 0 aliphatic carbocycles. The molecular weight excluding hydrogens is 313 g/mol. The van der Waals surface area contributed by atoms with Crippen molar-refractivity contribution in [2.24, 2.45) is 0 Å². The van der Waals surface area contributed by atoms with Crippen molar-refractivity contribution in [2.45, 2.75) is 12.7 Å². The number of fused-ring (bicyclic) bond motifs is 1. The summed E-state index contributed by atoms with van der Waals surface area (Å²) in [6, 6.07) is 0.440. The lowest BCUT2D eigenvalue weighted by Gasteiger charge is -2.17. The highest BCUT2D eigenvalue weighted by Crippen LogP contribution is 2.31. The van der Waals surface area contributed by atoms with Crippen LogP contribution in [0.15, 0.2) is 17.1 Å². The number of hydrogen-bond donors (Lipinski definition) is 0. The Labute approximate surface area is 119 Å². The van der Waals surface area contributed by atoms with Gasteiger partial charge in [0.2, 0.25) is 5.82 Å². The molecule has 0 radical (unpaired) electrons. The van der Waals surface area contributed by atoms with Crippen molar-refractivity contribution >= 4 is 17.2 Å². The number of carbonyl (C=O) groups excluding carboxylic acids is 1. The normalized spacial score (nSPS) is 11.7. The van der Waals surface area contributed by atoms with Crippen molar-refractivity contribution in [2.75, 3.05) is 7.11 Å². The number of halogens is 5. The van der Waals surface area contributed by atoms with Gasteiger partial charge in [-0.2, -0.15) is 17.6 Å². The smallest absolute Gasteiger partial charge is 0.406 e. The first-order valence-corrected chi connectivity index (χ1v) is 5.80. The molecule has 1 heterocycles. The number of alkyl halides is 3. The monoisotopic (exact) mass is 321 g/mol. The molecule has 22 heavy (non-hydrogen) atoms. The molecule has 0 fully saturated rings. The van der Waals surface area contributed by atoms with Crippen molar-refractivity contribution in [1.82, 2.24) is 4.57 Å². The maximum Gasteiger partial charge on any atom is 0.406 e. The first kappa shape index (κ1) is 15.9. The fourth-order valence-corrected chi connectivity index (χ4v) is 2.09. The van der Waals surface area contributed by atoms with Gasteiger partial charge in [0.15, 0.2) is 23.3 Å². The molecule has 0 amide bonds. The van der Waals surface area contributed by atoms with Gasteiger partial charge in [-0.3, -0.25) is 9.59 Å². The fourth-order valence-electron chi connectivity index (χ4n) is 2.09. The van der Waals surface area contributed by atoms with Gasteiger partial charge in [-0.25, -0.2) is 4.39 Å². The Kier molecular flexibility index (Phi) is 3.90. The second-order valence-corrected chi connectivity index (χ2v) is 4.38. The van der Waals surface area contributed by atoms with Gasteiger partial charge in [-0.1, -0.05) is 0 Å². The molecule has 4 nitrogen and oxygen atoms in total. The predicted molar refractivity (Wildman–Crippen MR) is 66.1 cm³/mol. The minimum atomic E-state index is -4.71. The van der Waals surface area contributed by atoms with E-state index in [2.05, 4.69) is 4.74 Å². The van der Waals surface area contributed by atoms with Crippen molar-refractivity contribution in [3.63, 3.8) is 0 Å². The molecule has 2 rings (SSSR count). The summed E-state index contributed by atoms with van der Waals surface area (Å²) < 4.78 is 70.1. The van der Waals surface area contributed by atoms with Crippen molar-refractivity contribution in [3.05, 3.63) is 39.7 Å². The van der Waals surface area contributed by atoms with E-state index >= 15 is 0 Å². The van der Waals surface area contributed by atoms with Crippen LogP contribution in [-0.4, -0.2) is 24.1 Å². The Morgan fingerprint density at radius 2 is 1.95 bits per heavy atom. The molecule has 0 saturated heterocycles. The SMILES string of the molecule is COc1c(F)c(F)cc2c(=O)c(C=O)cn(CC(F)(F)F)c12. The minimum absolute atomic E-state index is 0.0440. The number of nitrogens with zero attached hydrogens (tertiary/aromatic N) is 1. The van der Waals surface area contributed by atoms with E-state index in [9.17, 15) is 31.5 Å². The number of aromatic nitrogens is 1. The molecule has 1 aromatic carbocycles. The van der Waals surface area contributed by atoms with Gasteiger partial charge in [0.05, 0.1) is 23.6 Å². The molecular formula is C13H8F5NO3. The molecule has 2 aromatic rings. The lowest BCUT2D eigenvalue weighted by Crippen LogP contribution is -2.22. The predicted octanol–water partition coefficient (Wildman–Crippen LogP) is 2.66. The number of ether oxygens (including phenoxy) is 1. The molecule has 118 valence electrons. The van der Waals surface area contributed by atoms with E-state index in [1.807, 2.05) is 0 Å². The first-order valence-electron chi connectivity index (χ1n) is 5.80. The van der Waals surface area contributed by atoms with E-state index in [1.165, 1.54) is 0 Å². The number of carbonyl (C=O) groups is 1. The van der Waals surface area contributed by atoms with Crippen LogP contribution >= 0.6 is 0 Å². The Hall–Kier alpha value is -2.45. The zero-order valence-corrected chi connectivity index (χ0v) is 11.0. The maximum atomic E-state index is 13.7. The number of aldehydes is 1. The van der Waals surface area contributed by atoms with Crippen molar-refractivity contribution in [1.29, 1.82) is 0 Å². The van der Waals surface area contributed by atoms with Gasteiger partial charge in [0, 0.05) is 6.20 Å². The minimum Gasteiger partial charge on any atom is -0.491 e. The Bertz CT molecular complexity index is 810. The molecule has 0 unspecified atom stereocenters. The highest BCUT2D eigenvalue weighted by Gasteiger charge is 2.30. The molecule has 0 atom stereocenters. The van der Waals surface area contributed by atoms with Crippen LogP contribution in [0.4, 0.5) is 22.0 Å². The zero-order valence-electron chi connectivity index (χ0n) is 11.0. The molecule has 0 bridgehead atoms. The quantitative estimate of drug-likeness (QED) is 0.645. The molecule has 0 aliphatic rings. The summed E-state index contributed by atoms with van der Waals surface area (Å²) in [6.07, 6.45) is -4.04. The van der Waals surface area contributed by atoms with Gasteiger partial charge in [-0.05, 0) is 6.07 Å². The fraction of sp³-hybridized carbons (Fsp3) is 0.231. The number of benzene rings is 1. The summed E-state index contributed by atoms with van der Waals surface area (Å²) in [5, 5.41) is -0.579. The third-order valence-electron chi connectivity index (χ3n) is 2.92. The third-order valence-corrected chi connectivity index (χ3v) is 2.92. The lowest BCUT2D eigenvalue weighted by molar-refractivity contribution is -0.140. The standard InChI is InChI=1S/C13H8F5NO3/c1-22-12-9(15)8(14)2-7-10(12)19(5-13(16,17)18)3-6(4-20)11(7)21/h2-4H,5H2,1H3. The first-order chi connectivity index (χ1) is 10.2. The summed E-state index contributed by atoms with van der Waals surface area (Å²) >= 11 is 0.